The third kappa shape index (κ3) is 6.32. The average Bonchev–Trinajstić information content (AvgIpc) is 2.92. The van der Waals surface area contributed by atoms with Crippen molar-refractivity contribution in [1.82, 2.24) is 9.88 Å². The smallest absolute Gasteiger partial charge is 0.309 e. The van der Waals surface area contributed by atoms with Crippen LogP contribution in [0, 0.1) is 22.9 Å². The summed E-state index contributed by atoms with van der Waals surface area (Å²) in [6.45, 7) is 0.453. The van der Waals surface area contributed by atoms with Gasteiger partial charge in [-0.3, -0.25) is 9.78 Å². The van der Waals surface area contributed by atoms with Crippen molar-refractivity contribution in [2.45, 2.75) is 51.4 Å². The summed E-state index contributed by atoms with van der Waals surface area (Å²) >= 11 is 0. The Balaban J connectivity index is 1.39. The van der Waals surface area contributed by atoms with E-state index < -0.39 is 41.7 Å². The largest absolute Gasteiger partial charge is 0.497 e. The van der Waals surface area contributed by atoms with E-state index in [1.807, 2.05) is 4.90 Å². The number of pyridine rings is 1. The molecule has 3 aromatic rings. The molecule has 0 saturated carbocycles. The molecule has 39 heavy (non-hydrogen) atoms. The van der Waals surface area contributed by atoms with Gasteiger partial charge < -0.3 is 14.7 Å². The van der Waals surface area contributed by atoms with Crippen LogP contribution in [0.25, 0.3) is 10.9 Å². The molecular weight excluding hydrogens is 519 g/mol. The lowest BCUT2D eigenvalue weighted by Crippen LogP contribution is -2.44. The zero-order valence-electron chi connectivity index (χ0n) is 21.7. The molecule has 4 rings (SSSR count). The molecule has 1 aromatic heterocycles. The van der Waals surface area contributed by atoms with Gasteiger partial charge in [-0.25, -0.2) is 22.0 Å². The first-order valence-electron chi connectivity index (χ1n) is 12.9. The fourth-order valence-electron chi connectivity index (χ4n) is 5.45. The highest BCUT2D eigenvalue weighted by molar-refractivity contribution is 5.85. The van der Waals surface area contributed by atoms with Crippen molar-refractivity contribution < 1.29 is 36.6 Å². The molecule has 0 spiro atoms. The van der Waals surface area contributed by atoms with Crippen LogP contribution in [-0.4, -0.2) is 47.7 Å². The molecule has 0 bridgehead atoms. The summed E-state index contributed by atoms with van der Waals surface area (Å²) in [5.41, 5.74) is -0.522. The molecule has 1 aliphatic rings. The Kier molecular flexibility index (Phi) is 9.04. The van der Waals surface area contributed by atoms with Crippen molar-refractivity contribution in [2.24, 2.45) is 5.41 Å². The molecule has 1 aliphatic heterocycles. The Bertz CT molecular complexity index is 1300. The number of carboxylic acid groups (broad SMARTS) is 1. The third-order valence-electron chi connectivity index (χ3n) is 7.81. The Morgan fingerprint density at radius 2 is 1.85 bits per heavy atom. The number of hydrogen-bond acceptors (Lipinski definition) is 4. The van der Waals surface area contributed by atoms with Crippen molar-refractivity contribution in [2.75, 3.05) is 26.7 Å². The first-order chi connectivity index (χ1) is 18.7. The summed E-state index contributed by atoms with van der Waals surface area (Å²) in [6, 6.07) is 6.26. The number of fused-ring (bicyclic) bond motifs is 1. The van der Waals surface area contributed by atoms with Gasteiger partial charge in [0.2, 0.25) is 0 Å². The van der Waals surface area contributed by atoms with E-state index in [1.54, 1.807) is 18.2 Å². The van der Waals surface area contributed by atoms with Gasteiger partial charge in [-0.2, -0.15) is 0 Å². The van der Waals surface area contributed by atoms with Gasteiger partial charge in [0, 0.05) is 40.4 Å². The number of alkyl halides is 2. The zero-order chi connectivity index (χ0) is 28.2. The summed E-state index contributed by atoms with van der Waals surface area (Å²) in [6.07, 6.45) is 0.765. The molecule has 2 heterocycles. The second-order valence-corrected chi connectivity index (χ2v) is 10.1. The van der Waals surface area contributed by atoms with E-state index in [9.17, 15) is 27.5 Å². The van der Waals surface area contributed by atoms with Crippen LogP contribution in [-0.2, 0) is 17.9 Å². The minimum Gasteiger partial charge on any atom is -0.497 e. The maximum atomic E-state index is 15.7. The standard InChI is InChI=1S/C29H31F5N2O3/c1-39-20-4-5-26-22(15-20)27(18(16-30)17-35-26)23(32)6-7-29(28(37)38)8-11-36(12-9-29)10-2-3-21-24(33)13-19(31)14-25(21)34/h4-5,13-15,17,23H,2-3,6-12,16H2,1H3,(H,37,38)/t23-/m1/s1. The van der Waals surface area contributed by atoms with Crippen LogP contribution in [0.5, 0.6) is 5.75 Å². The Labute approximate surface area is 223 Å². The number of piperidine rings is 1. The average molecular weight is 551 g/mol. The van der Waals surface area contributed by atoms with Crippen LogP contribution in [0.2, 0.25) is 0 Å². The van der Waals surface area contributed by atoms with Crippen molar-refractivity contribution in [3.8, 4) is 5.75 Å². The lowest BCUT2D eigenvalue weighted by Gasteiger charge is -2.39. The second kappa shape index (κ2) is 12.3. The summed E-state index contributed by atoms with van der Waals surface area (Å²) in [7, 11) is 1.47. The molecule has 1 N–H and O–H groups in total. The first kappa shape index (κ1) is 28.7. The van der Waals surface area contributed by atoms with Crippen LogP contribution in [0.1, 0.15) is 55.0 Å². The molecule has 5 nitrogen and oxygen atoms in total. The third-order valence-corrected chi connectivity index (χ3v) is 7.81. The monoisotopic (exact) mass is 550 g/mol. The maximum absolute atomic E-state index is 15.7. The van der Waals surface area contributed by atoms with Crippen LogP contribution in [0.4, 0.5) is 22.0 Å². The lowest BCUT2D eigenvalue weighted by molar-refractivity contribution is -0.153. The summed E-state index contributed by atoms with van der Waals surface area (Å²) < 4.78 is 75.6. The number of methoxy groups -OCH3 is 1. The van der Waals surface area contributed by atoms with Crippen LogP contribution >= 0.6 is 0 Å². The number of hydrogen-bond donors (Lipinski definition) is 1. The number of ether oxygens (including phenoxy) is 1. The van der Waals surface area contributed by atoms with Crippen LogP contribution in [0.15, 0.2) is 36.5 Å². The number of halogens is 5. The van der Waals surface area contributed by atoms with Crippen molar-refractivity contribution in [1.29, 1.82) is 0 Å². The predicted octanol–water partition coefficient (Wildman–Crippen LogP) is 6.72. The number of likely N-dealkylation sites (tertiary alicyclic amines) is 1. The minimum atomic E-state index is -1.59. The molecule has 0 unspecified atom stereocenters. The van der Waals surface area contributed by atoms with E-state index in [4.69, 9.17) is 4.74 Å². The van der Waals surface area contributed by atoms with Gasteiger partial charge in [-0.15, -0.1) is 0 Å². The number of carboxylic acids is 1. The van der Waals surface area contributed by atoms with Gasteiger partial charge in [-0.05, 0) is 76.4 Å². The number of benzene rings is 2. The van der Waals surface area contributed by atoms with Gasteiger partial charge in [0.25, 0.3) is 0 Å². The highest BCUT2D eigenvalue weighted by atomic mass is 19.2. The maximum Gasteiger partial charge on any atom is 0.309 e. The number of rotatable bonds is 11. The SMILES string of the molecule is COc1ccc2ncc(CF)c([C@H](F)CCC3(C(=O)O)CCN(CCCc4c(F)cc(F)cc4F)CC3)c2c1. The van der Waals surface area contributed by atoms with E-state index in [2.05, 4.69) is 4.98 Å². The van der Waals surface area contributed by atoms with Crippen LogP contribution in [0.3, 0.4) is 0 Å². The molecule has 10 heteroatoms. The highest BCUT2D eigenvalue weighted by Gasteiger charge is 2.41. The second-order valence-electron chi connectivity index (χ2n) is 10.1. The van der Waals surface area contributed by atoms with E-state index in [0.29, 0.717) is 54.8 Å². The number of aromatic nitrogens is 1. The molecule has 2 aromatic carbocycles. The topological polar surface area (TPSA) is 62.7 Å². The molecule has 0 aliphatic carbocycles. The Morgan fingerprint density at radius 3 is 2.46 bits per heavy atom. The lowest BCUT2D eigenvalue weighted by atomic mass is 9.74. The van der Waals surface area contributed by atoms with Gasteiger partial charge in [0.05, 0.1) is 18.0 Å². The molecule has 0 amide bonds. The molecule has 1 atom stereocenters. The number of aliphatic carboxylic acids is 1. The molecule has 0 radical (unpaired) electrons. The van der Waals surface area contributed by atoms with E-state index >= 15 is 4.39 Å². The van der Waals surface area contributed by atoms with Gasteiger partial charge >= 0.3 is 5.97 Å². The Morgan fingerprint density at radius 1 is 1.15 bits per heavy atom. The van der Waals surface area contributed by atoms with Gasteiger partial charge in [-0.1, -0.05) is 0 Å². The fraction of sp³-hybridized carbons (Fsp3) is 0.448. The van der Waals surface area contributed by atoms with Gasteiger partial charge in [0.1, 0.15) is 36.0 Å². The molecule has 210 valence electrons. The van der Waals surface area contributed by atoms with E-state index in [0.717, 1.165) is 0 Å². The first-order valence-corrected chi connectivity index (χ1v) is 12.9. The zero-order valence-corrected chi connectivity index (χ0v) is 21.7. The fourth-order valence-corrected chi connectivity index (χ4v) is 5.45. The number of nitrogens with zero attached hydrogens (tertiary/aromatic N) is 2. The predicted molar refractivity (Wildman–Crippen MR) is 137 cm³/mol. The van der Waals surface area contributed by atoms with Crippen molar-refractivity contribution in [3.05, 3.63) is 70.7 Å². The highest BCUT2D eigenvalue weighted by Crippen LogP contribution is 2.41. The number of carbonyl (C=O) groups is 1. The van der Waals surface area contributed by atoms with Crippen molar-refractivity contribution in [3.63, 3.8) is 0 Å². The van der Waals surface area contributed by atoms with E-state index in [1.165, 1.54) is 13.3 Å². The quantitative estimate of drug-likeness (QED) is 0.269. The summed E-state index contributed by atoms with van der Waals surface area (Å²) in [5, 5.41) is 10.5. The van der Waals surface area contributed by atoms with Crippen LogP contribution < -0.4 is 4.74 Å². The van der Waals surface area contributed by atoms with Crippen molar-refractivity contribution >= 4 is 16.9 Å². The van der Waals surface area contributed by atoms with Gasteiger partial charge in [0.15, 0.2) is 0 Å². The van der Waals surface area contributed by atoms with E-state index in [-0.39, 0.29) is 48.8 Å². The molecule has 1 saturated heterocycles. The molecular formula is C29H31F5N2O3. The summed E-state index contributed by atoms with van der Waals surface area (Å²) in [4.78, 5) is 18.5. The normalized spacial score (nSPS) is 16.4. The summed E-state index contributed by atoms with van der Waals surface area (Å²) in [5.74, 6) is -3.34. The molecule has 1 fully saturated rings. The minimum absolute atomic E-state index is 0.0723. The Hall–Kier alpha value is -3.27.